The maximum atomic E-state index is 4.75. The first kappa shape index (κ1) is 15.0. The summed E-state index contributed by atoms with van der Waals surface area (Å²) < 4.78 is 0. The van der Waals surface area contributed by atoms with Crippen LogP contribution in [0.25, 0.3) is 0 Å². The first-order chi connectivity index (χ1) is 12.2. The zero-order valence-electron chi connectivity index (χ0n) is 14.9. The van der Waals surface area contributed by atoms with Crippen LogP contribution < -0.4 is 9.80 Å². The number of anilines is 2. The molecular weight excluding hydrogens is 312 g/mol. The molecule has 0 bridgehead atoms. The van der Waals surface area contributed by atoms with E-state index < -0.39 is 0 Å². The third-order valence-corrected chi connectivity index (χ3v) is 5.76. The number of likely N-dealkylation sites (N-methyl/N-ethyl adjacent to an activating group) is 1. The number of aryl methyl sites for hydroxylation is 2. The summed E-state index contributed by atoms with van der Waals surface area (Å²) in [6.07, 6.45) is 5.95. The predicted octanol–water partition coefficient (Wildman–Crippen LogP) is 2.27. The minimum atomic E-state index is 0.476. The van der Waals surface area contributed by atoms with Gasteiger partial charge >= 0.3 is 0 Å². The lowest BCUT2D eigenvalue weighted by atomic mass is 10.1. The lowest BCUT2D eigenvalue weighted by Crippen LogP contribution is -2.59. The standard InChI is InChI=1S/C19H24N6/c1-12-20-17-5-3-4-15(17)19(21-12)24(2)14-10-25(11-14)18-9-8-16(22-23-18)13-6-7-13/h8-9,13-14H,3-7,10-11H2,1-2H3. The summed E-state index contributed by atoms with van der Waals surface area (Å²) in [6, 6.07) is 4.75. The summed E-state index contributed by atoms with van der Waals surface area (Å²) in [4.78, 5) is 14.0. The minimum absolute atomic E-state index is 0.476. The molecule has 2 aliphatic carbocycles. The Kier molecular flexibility index (Phi) is 3.40. The number of hydrogen-bond acceptors (Lipinski definition) is 6. The van der Waals surface area contributed by atoms with Gasteiger partial charge in [-0.1, -0.05) is 0 Å². The van der Waals surface area contributed by atoms with Crippen LogP contribution in [-0.2, 0) is 12.8 Å². The van der Waals surface area contributed by atoms with Crippen molar-refractivity contribution in [3.05, 3.63) is 34.9 Å². The fourth-order valence-corrected chi connectivity index (χ4v) is 3.99. The fraction of sp³-hybridized carbons (Fsp3) is 0.579. The molecule has 2 aromatic heterocycles. The van der Waals surface area contributed by atoms with E-state index in [-0.39, 0.29) is 0 Å². The number of aromatic nitrogens is 4. The van der Waals surface area contributed by atoms with Crippen LogP contribution >= 0.6 is 0 Å². The van der Waals surface area contributed by atoms with E-state index in [1.54, 1.807) is 0 Å². The molecule has 6 nitrogen and oxygen atoms in total. The molecule has 0 radical (unpaired) electrons. The molecule has 2 aromatic rings. The van der Waals surface area contributed by atoms with E-state index in [1.807, 2.05) is 6.92 Å². The Labute approximate surface area is 148 Å². The molecule has 0 unspecified atom stereocenters. The highest BCUT2D eigenvalue weighted by atomic mass is 15.4. The van der Waals surface area contributed by atoms with E-state index >= 15 is 0 Å². The molecule has 5 rings (SSSR count). The van der Waals surface area contributed by atoms with E-state index in [0.717, 1.165) is 49.1 Å². The summed E-state index contributed by atoms with van der Waals surface area (Å²) in [7, 11) is 2.17. The van der Waals surface area contributed by atoms with E-state index in [0.29, 0.717) is 12.0 Å². The molecule has 1 saturated heterocycles. The maximum absolute atomic E-state index is 4.75. The third kappa shape index (κ3) is 2.64. The lowest BCUT2D eigenvalue weighted by Gasteiger charge is -2.45. The van der Waals surface area contributed by atoms with Gasteiger partial charge in [0.25, 0.3) is 0 Å². The van der Waals surface area contributed by atoms with Gasteiger partial charge in [0.05, 0.1) is 11.7 Å². The summed E-state index contributed by atoms with van der Waals surface area (Å²) in [5.41, 5.74) is 3.78. The molecule has 0 spiro atoms. The van der Waals surface area contributed by atoms with Crippen LogP contribution in [0, 0.1) is 6.92 Å². The van der Waals surface area contributed by atoms with Crippen molar-refractivity contribution in [3.63, 3.8) is 0 Å². The normalized spacial score (nSPS) is 19.7. The van der Waals surface area contributed by atoms with E-state index in [2.05, 4.69) is 44.2 Å². The summed E-state index contributed by atoms with van der Waals surface area (Å²) >= 11 is 0. The van der Waals surface area contributed by atoms with Crippen LogP contribution in [-0.4, -0.2) is 46.3 Å². The van der Waals surface area contributed by atoms with Crippen molar-refractivity contribution < 1.29 is 0 Å². The molecule has 6 heteroatoms. The topological polar surface area (TPSA) is 58.0 Å². The summed E-state index contributed by atoms with van der Waals surface area (Å²) in [6.45, 7) is 3.96. The van der Waals surface area contributed by atoms with Crippen molar-refractivity contribution >= 4 is 11.6 Å². The first-order valence-corrected chi connectivity index (χ1v) is 9.37. The van der Waals surface area contributed by atoms with Crippen LogP contribution in [0.15, 0.2) is 12.1 Å². The number of hydrogen-bond donors (Lipinski definition) is 0. The Hall–Kier alpha value is -2.24. The number of fused-ring (bicyclic) bond motifs is 1. The van der Waals surface area contributed by atoms with Gasteiger partial charge in [0.1, 0.15) is 11.6 Å². The fourth-order valence-electron chi connectivity index (χ4n) is 3.99. The molecular formula is C19H24N6. The van der Waals surface area contributed by atoms with Crippen LogP contribution in [0.4, 0.5) is 11.6 Å². The van der Waals surface area contributed by atoms with Crippen LogP contribution in [0.5, 0.6) is 0 Å². The zero-order chi connectivity index (χ0) is 17.0. The highest BCUT2D eigenvalue weighted by Crippen LogP contribution is 2.39. The molecule has 3 heterocycles. The molecule has 0 amide bonds. The Morgan fingerprint density at radius 2 is 1.92 bits per heavy atom. The van der Waals surface area contributed by atoms with Crippen molar-refractivity contribution in [2.45, 2.75) is 51.0 Å². The van der Waals surface area contributed by atoms with Crippen molar-refractivity contribution in [1.82, 2.24) is 20.2 Å². The molecule has 0 N–H and O–H groups in total. The van der Waals surface area contributed by atoms with Gasteiger partial charge in [-0.25, -0.2) is 9.97 Å². The van der Waals surface area contributed by atoms with Gasteiger partial charge in [0.15, 0.2) is 5.82 Å². The van der Waals surface area contributed by atoms with Crippen molar-refractivity contribution in [2.24, 2.45) is 0 Å². The molecule has 1 aliphatic heterocycles. The zero-order valence-corrected chi connectivity index (χ0v) is 14.9. The maximum Gasteiger partial charge on any atom is 0.151 e. The Morgan fingerprint density at radius 3 is 2.64 bits per heavy atom. The molecule has 3 aliphatic rings. The van der Waals surface area contributed by atoms with E-state index in [1.165, 1.54) is 30.5 Å². The number of rotatable bonds is 4. The predicted molar refractivity (Wildman–Crippen MR) is 97.2 cm³/mol. The largest absolute Gasteiger partial charge is 0.353 e. The lowest BCUT2D eigenvalue weighted by molar-refractivity contribution is 0.486. The molecule has 25 heavy (non-hydrogen) atoms. The SMILES string of the molecule is Cc1nc2c(c(N(C)C3CN(c4ccc(C5CC5)nn4)C3)n1)CCC2. The Balaban J connectivity index is 1.29. The Morgan fingerprint density at radius 1 is 1.08 bits per heavy atom. The van der Waals surface area contributed by atoms with Gasteiger partial charge in [0, 0.05) is 37.3 Å². The summed E-state index contributed by atoms with van der Waals surface area (Å²) in [5.74, 6) is 3.69. The third-order valence-electron chi connectivity index (χ3n) is 5.76. The Bertz CT molecular complexity index is 792. The van der Waals surface area contributed by atoms with E-state index in [4.69, 9.17) is 4.98 Å². The molecule has 130 valence electrons. The monoisotopic (exact) mass is 336 g/mol. The highest BCUT2D eigenvalue weighted by Gasteiger charge is 2.34. The van der Waals surface area contributed by atoms with Crippen molar-refractivity contribution in [3.8, 4) is 0 Å². The average Bonchev–Trinajstić information content (AvgIpc) is 3.31. The van der Waals surface area contributed by atoms with Crippen molar-refractivity contribution in [2.75, 3.05) is 29.9 Å². The van der Waals surface area contributed by atoms with Crippen LogP contribution in [0.3, 0.4) is 0 Å². The van der Waals surface area contributed by atoms with Gasteiger partial charge in [-0.05, 0) is 51.2 Å². The van der Waals surface area contributed by atoms with Gasteiger partial charge in [-0.2, -0.15) is 5.10 Å². The summed E-state index contributed by atoms with van der Waals surface area (Å²) in [5, 5.41) is 8.84. The molecule has 2 fully saturated rings. The molecule has 0 atom stereocenters. The van der Waals surface area contributed by atoms with Gasteiger partial charge < -0.3 is 9.80 Å². The smallest absolute Gasteiger partial charge is 0.151 e. The second-order valence-electron chi connectivity index (χ2n) is 7.63. The van der Waals surface area contributed by atoms with Gasteiger partial charge in [-0.3, -0.25) is 0 Å². The van der Waals surface area contributed by atoms with Gasteiger partial charge in [0.2, 0.25) is 0 Å². The van der Waals surface area contributed by atoms with Crippen LogP contribution in [0.1, 0.15) is 48.0 Å². The minimum Gasteiger partial charge on any atom is -0.353 e. The second-order valence-corrected chi connectivity index (χ2v) is 7.63. The first-order valence-electron chi connectivity index (χ1n) is 9.37. The van der Waals surface area contributed by atoms with Gasteiger partial charge in [-0.15, -0.1) is 5.10 Å². The molecule has 1 saturated carbocycles. The quantitative estimate of drug-likeness (QED) is 0.854. The second kappa shape index (κ2) is 5.64. The highest BCUT2D eigenvalue weighted by molar-refractivity contribution is 5.54. The average molecular weight is 336 g/mol. The van der Waals surface area contributed by atoms with Crippen molar-refractivity contribution in [1.29, 1.82) is 0 Å². The number of nitrogens with zero attached hydrogens (tertiary/aromatic N) is 6. The van der Waals surface area contributed by atoms with Crippen LogP contribution in [0.2, 0.25) is 0 Å². The molecule has 0 aromatic carbocycles. The van der Waals surface area contributed by atoms with E-state index in [9.17, 15) is 0 Å².